The molecule has 1 aromatic rings. The lowest BCUT2D eigenvalue weighted by Crippen LogP contribution is -2.64. The molecule has 1 unspecified atom stereocenters. The van der Waals surface area contributed by atoms with Crippen LogP contribution >= 0.6 is 11.6 Å². The first-order valence-corrected chi connectivity index (χ1v) is 7.94. The van der Waals surface area contributed by atoms with Crippen molar-refractivity contribution in [2.75, 3.05) is 18.0 Å². The molecule has 1 saturated heterocycles. The third-order valence-electron chi connectivity index (χ3n) is 4.77. The summed E-state index contributed by atoms with van der Waals surface area (Å²) in [5, 5.41) is 4.22. The first-order valence-electron chi connectivity index (χ1n) is 7.56. The zero-order valence-electron chi connectivity index (χ0n) is 12.0. The molecule has 1 saturated carbocycles. The second kappa shape index (κ2) is 5.53. The van der Waals surface area contributed by atoms with E-state index in [0.29, 0.717) is 11.1 Å². The molecule has 2 nitrogen and oxygen atoms in total. The van der Waals surface area contributed by atoms with E-state index in [1.807, 2.05) is 6.07 Å². The summed E-state index contributed by atoms with van der Waals surface area (Å²) in [7, 11) is 0. The molecule has 1 aliphatic carbocycles. The fourth-order valence-corrected chi connectivity index (χ4v) is 3.84. The Morgan fingerprint density at radius 3 is 2.70 bits per heavy atom. The van der Waals surface area contributed by atoms with Crippen LogP contribution in [0.5, 0.6) is 0 Å². The lowest BCUT2D eigenvalue weighted by atomic mass is 9.79. The van der Waals surface area contributed by atoms with Crippen LogP contribution in [-0.2, 0) is 0 Å². The number of hydrogen-bond acceptors (Lipinski definition) is 2. The lowest BCUT2D eigenvalue weighted by molar-refractivity contribution is 0.200. The molecule has 0 bridgehead atoms. The van der Waals surface area contributed by atoms with E-state index in [1.54, 1.807) is 6.07 Å². The Hall–Kier alpha value is -0.800. The molecule has 0 radical (unpaired) electrons. The van der Waals surface area contributed by atoms with Gasteiger partial charge < -0.3 is 10.2 Å². The summed E-state index contributed by atoms with van der Waals surface area (Å²) in [5.41, 5.74) is 1.12. The molecule has 20 heavy (non-hydrogen) atoms. The maximum atomic E-state index is 13.6. The van der Waals surface area contributed by atoms with Crippen molar-refractivity contribution in [1.29, 1.82) is 0 Å². The standard InChI is InChI=1S/C16H22ClFN2/c1-12-10-19-16(5-3-2-4-6-16)11-20(12)15-8-13(17)7-14(18)9-15/h7-9,12,19H,2-6,10-11H2,1H3. The van der Waals surface area contributed by atoms with Gasteiger partial charge in [-0.05, 0) is 38.0 Å². The average Bonchev–Trinajstić information content (AvgIpc) is 2.42. The molecular formula is C16H22ClFN2. The first kappa shape index (κ1) is 14.2. The predicted molar refractivity (Wildman–Crippen MR) is 82.0 cm³/mol. The van der Waals surface area contributed by atoms with Crippen molar-refractivity contribution in [3.63, 3.8) is 0 Å². The van der Waals surface area contributed by atoms with Crippen molar-refractivity contribution < 1.29 is 4.39 Å². The molecule has 1 spiro atoms. The van der Waals surface area contributed by atoms with Gasteiger partial charge in [-0.25, -0.2) is 4.39 Å². The van der Waals surface area contributed by atoms with Gasteiger partial charge in [-0.15, -0.1) is 0 Å². The van der Waals surface area contributed by atoms with E-state index in [4.69, 9.17) is 11.6 Å². The van der Waals surface area contributed by atoms with Gasteiger partial charge in [-0.1, -0.05) is 30.9 Å². The maximum absolute atomic E-state index is 13.6. The maximum Gasteiger partial charge on any atom is 0.126 e. The first-order chi connectivity index (χ1) is 9.58. The number of nitrogens with one attached hydrogen (secondary N) is 1. The summed E-state index contributed by atoms with van der Waals surface area (Å²) in [6.07, 6.45) is 6.36. The van der Waals surface area contributed by atoms with Gasteiger partial charge in [-0.3, -0.25) is 0 Å². The van der Waals surface area contributed by atoms with Gasteiger partial charge >= 0.3 is 0 Å². The average molecular weight is 297 g/mol. The van der Waals surface area contributed by atoms with Gasteiger partial charge in [0.25, 0.3) is 0 Å². The number of benzene rings is 1. The van der Waals surface area contributed by atoms with Gasteiger partial charge in [0.15, 0.2) is 0 Å². The molecule has 1 aliphatic heterocycles. The summed E-state index contributed by atoms with van der Waals surface area (Å²) < 4.78 is 13.6. The molecule has 1 N–H and O–H groups in total. The minimum absolute atomic E-state index is 0.212. The number of anilines is 1. The zero-order chi connectivity index (χ0) is 14.2. The van der Waals surface area contributed by atoms with Crippen LogP contribution in [0.25, 0.3) is 0 Å². The second-order valence-electron chi connectivity index (χ2n) is 6.33. The molecule has 2 fully saturated rings. The second-order valence-corrected chi connectivity index (χ2v) is 6.76. The molecule has 110 valence electrons. The van der Waals surface area contributed by atoms with E-state index < -0.39 is 0 Å². The highest BCUT2D eigenvalue weighted by molar-refractivity contribution is 6.30. The third kappa shape index (κ3) is 2.79. The highest BCUT2D eigenvalue weighted by atomic mass is 35.5. The fourth-order valence-electron chi connectivity index (χ4n) is 3.63. The van der Waals surface area contributed by atoms with Crippen LogP contribution in [-0.4, -0.2) is 24.7 Å². The third-order valence-corrected chi connectivity index (χ3v) is 4.99. The molecular weight excluding hydrogens is 275 g/mol. The zero-order valence-corrected chi connectivity index (χ0v) is 12.7. The summed E-state index contributed by atoms with van der Waals surface area (Å²) in [4.78, 5) is 2.32. The Kier molecular flexibility index (Phi) is 3.91. The Balaban J connectivity index is 1.86. The van der Waals surface area contributed by atoms with E-state index >= 15 is 0 Å². The Morgan fingerprint density at radius 1 is 1.25 bits per heavy atom. The summed E-state index contributed by atoms with van der Waals surface area (Å²) in [6.45, 7) is 4.09. The fraction of sp³-hybridized carbons (Fsp3) is 0.625. The van der Waals surface area contributed by atoms with Crippen molar-refractivity contribution in [2.45, 2.75) is 50.6 Å². The van der Waals surface area contributed by atoms with Gasteiger partial charge in [-0.2, -0.15) is 0 Å². The molecule has 3 rings (SSSR count). The molecule has 1 atom stereocenters. The molecule has 1 aromatic carbocycles. The van der Waals surface area contributed by atoms with Crippen molar-refractivity contribution >= 4 is 17.3 Å². The summed E-state index contributed by atoms with van der Waals surface area (Å²) >= 11 is 6.01. The molecule has 0 amide bonds. The highest BCUT2D eigenvalue weighted by Crippen LogP contribution is 2.34. The lowest BCUT2D eigenvalue weighted by Gasteiger charge is -2.50. The molecule has 2 aliphatic rings. The topological polar surface area (TPSA) is 15.3 Å². The molecule has 0 aromatic heterocycles. The number of rotatable bonds is 1. The van der Waals surface area contributed by atoms with Crippen molar-refractivity contribution in [2.24, 2.45) is 0 Å². The predicted octanol–water partition coefficient (Wildman–Crippen LogP) is 3.98. The van der Waals surface area contributed by atoms with Crippen LogP contribution in [0.15, 0.2) is 18.2 Å². The van der Waals surface area contributed by atoms with Crippen LogP contribution in [0.4, 0.5) is 10.1 Å². The minimum atomic E-state index is -0.254. The smallest absolute Gasteiger partial charge is 0.126 e. The van der Waals surface area contributed by atoms with Crippen LogP contribution in [0.2, 0.25) is 5.02 Å². The number of piperazine rings is 1. The van der Waals surface area contributed by atoms with Crippen molar-refractivity contribution in [3.05, 3.63) is 29.0 Å². The number of nitrogens with zero attached hydrogens (tertiary/aromatic N) is 1. The summed E-state index contributed by atoms with van der Waals surface area (Å²) in [5.74, 6) is -0.254. The van der Waals surface area contributed by atoms with Gasteiger partial charge in [0.2, 0.25) is 0 Å². The van der Waals surface area contributed by atoms with E-state index in [0.717, 1.165) is 18.8 Å². The van der Waals surface area contributed by atoms with Crippen molar-refractivity contribution in [1.82, 2.24) is 5.32 Å². The van der Waals surface area contributed by atoms with Crippen LogP contribution in [0.1, 0.15) is 39.0 Å². The van der Waals surface area contributed by atoms with E-state index in [-0.39, 0.29) is 11.4 Å². The Labute approximate surface area is 125 Å². The molecule has 4 heteroatoms. The van der Waals surface area contributed by atoms with Crippen LogP contribution in [0, 0.1) is 5.82 Å². The van der Waals surface area contributed by atoms with E-state index in [2.05, 4.69) is 17.1 Å². The quantitative estimate of drug-likeness (QED) is 0.843. The number of halogens is 2. The van der Waals surface area contributed by atoms with Gasteiger partial charge in [0, 0.05) is 35.4 Å². The van der Waals surface area contributed by atoms with Gasteiger partial charge in [0.05, 0.1) is 0 Å². The number of hydrogen-bond donors (Lipinski definition) is 1. The largest absolute Gasteiger partial charge is 0.366 e. The Morgan fingerprint density at radius 2 is 2.00 bits per heavy atom. The highest BCUT2D eigenvalue weighted by Gasteiger charge is 2.38. The van der Waals surface area contributed by atoms with E-state index in [1.165, 1.54) is 38.2 Å². The SMILES string of the molecule is CC1CNC2(CCCCC2)CN1c1cc(F)cc(Cl)c1. The normalized spacial score (nSPS) is 25.9. The summed E-state index contributed by atoms with van der Waals surface area (Å²) in [6, 6.07) is 5.21. The minimum Gasteiger partial charge on any atom is -0.366 e. The van der Waals surface area contributed by atoms with Crippen molar-refractivity contribution in [3.8, 4) is 0 Å². The van der Waals surface area contributed by atoms with E-state index in [9.17, 15) is 4.39 Å². The van der Waals surface area contributed by atoms with Crippen LogP contribution in [0.3, 0.4) is 0 Å². The van der Waals surface area contributed by atoms with Gasteiger partial charge in [0.1, 0.15) is 5.82 Å². The van der Waals surface area contributed by atoms with Crippen LogP contribution < -0.4 is 10.2 Å². The monoisotopic (exact) mass is 296 g/mol. The molecule has 1 heterocycles. The Bertz CT molecular complexity index is 465.